The minimum absolute atomic E-state index is 0.803. The SMILES string of the molecule is Nc1ccc2cc3cc(S)ccc3cc2c1. The number of hydrogen-bond donors (Lipinski definition) is 2. The van der Waals surface area contributed by atoms with Crippen LogP contribution in [0.4, 0.5) is 5.69 Å². The zero-order valence-corrected chi connectivity index (χ0v) is 9.54. The van der Waals surface area contributed by atoms with Gasteiger partial charge in [0.15, 0.2) is 0 Å². The summed E-state index contributed by atoms with van der Waals surface area (Å²) in [6.07, 6.45) is 0. The number of hydrogen-bond acceptors (Lipinski definition) is 2. The molecule has 0 saturated heterocycles. The third-order valence-electron chi connectivity index (χ3n) is 2.80. The van der Waals surface area contributed by atoms with Gasteiger partial charge in [-0.1, -0.05) is 12.1 Å². The van der Waals surface area contributed by atoms with Gasteiger partial charge in [0, 0.05) is 10.6 Å². The number of anilines is 1. The van der Waals surface area contributed by atoms with Gasteiger partial charge in [-0.15, -0.1) is 12.6 Å². The van der Waals surface area contributed by atoms with Crippen LogP contribution in [0, 0.1) is 0 Å². The van der Waals surface area contributed by atoms with Crippen molar-refractivity contribution in [2.75, 3.05) is 5.73 Å². The molecule has 1 nitrogen and oxygen atoms in total. The van der Waals surface area contributed by atoms with E-state index >= 15 is 0 Å². The zero-order chi connectivity index (χ0) is 11.1. The van der Waals surface area contributed by atoms with Crippen molar-refractivity contribution in [1.82, 2.24) is 0 Å². The van der Waals surface area contributed by atoms with Crippen LogP contribution in [-0.4, -0.2) is 0 Å². The number of thiol groups is 1. The van der Waals surface area contributed by atoms with Crippen LogP contribution in [0.3, 0.4) is 0 Å². The number of nitrogens with two attached hydrogens (primary N) is 1. The van der Waals surface area contributed by atoms with Crippen molar-refractivity contribution in [2.24, 2.45) is 0 Å². The average molecular weight is 225 g/mol. The lowest BCUT2D eigenvalue weighted by Gasteiger charge is -2.04. The maximum Gasteiger partial charge on any atom is 0.0320 e. The number of nitrogen functional groups attached to an aromatic ring is 1. The topological polar surface area (TPSA) is 26.0 Å². The van der Waals surface area contributed by atoms with Crippen LogP contribution in [0.2, 0.25) is 0 Å². The second-order valence-electron chi connectivity index (χ2n) is 3.99. The summed E-state index contributed by atoms with van der Waals surface area (Å²) in [6, 6.07) is 16.5. The summed E-state index contributed by atoms with van der Waals surface area (Å²) in [5, 5.41) is 4.82. The van der Waals surface area contributed by atoms with Gasteiger partial charge in [-0.3, -0.25) is 0 Å². The molecular formula is C14H11NS. The molecule has 0 saturated carbocycles. The third kappa shape index (κ3) is 1.51. The van der Waals surface area contributed by atoms with E-state index in [4.69, 9.17) is 5.73 Å². The normalized spacial score (nSPS) is 11.1. The molecule has 0 aliphatic carbocycles. The molecule has 0 fully saturated rings. The lowest BCUT2D eigenvalue weighted by atomic mass is 10.0. The Morgan fingerprint density at radius 2 is 1.31 bits per heavy atom. The molecule has 0 bridgehead atoms. The van der Waals surface area contributed by atoms with Crippen molar-refractivity contribution in [1.29, 1.82) is 0 Å². The summed E-state index contributed by atoms with van der Waals surface area (Å²) in [6.45, 7) is 0. The van der Waals surface area contributed by atoms with Crippen molar-refractivity contribution in [3.63, 3.8) is 0 Å². The monoisotopic (exact) mass is 225 g/mol. The molecule has 2 N–H and O–H groups in total. The Balaban J connectivity index is 2.44. The van der Waals surface area contributed by atoms with Gasteiger partial charge in [0.25, 0.3) is 0 Å². The molecule has 78 valence electrons. The standard InChI is InChI=1S/C14H11NS/c15-13-3-1-9-6-12-8-14(16)4-2-10(12)5-11(9)7-13/h1-8,16H,15H2. The second kappa shape index (κ2) is 3.42. The Morgan fingerprint density at radius 3 is 2.06 bits per heavy atom. The molecule has 3 aromatic carbocycles. The second-order valence-corrected chi connectivity index (χ2v) is 4.51. The van der Waals surface area contributed by atoms with Crippen molar-refractivity contribution < 1.29 is 0 Å². The first-order valence-electron chi connectivity index (χ1n) is 5.14. The van der Waals surface area contributed by atoms with E-state index < -0.39 is 0 Å². The summed E-state index contributed by atoms with van der Waals surface area (Å²) in [5.74, 6) is 0. The van der Waals surface area contributed by atoms with E-state index in [0.29, 0.717) is 0 Å². The van der Waals surface area contributed by atoms with Gasteiger partial charge >= 0.3 is 0 Å². The van der Waals surface area contributed by atoms with Gasteiger partial charge in [0.05, 0.1) is 0 Å². The van der Waals surface area contributed by atoms with Crippen molar-refractivity contribution in [2.45, 2.75) is 4.90 Å². The summed E-state index contributed by atoms with van der Waals surface area (Å²) < 4.78 is 0. The molecule has 0 unspecified atom stereocenters. The molecule has 3 aromatic rings. The molecule has 0 amide bonds. The molecule has 0 aliphatic rings. The highest BCUT2D eigenvalue weighted by Crippen LogP contribution is 2.26. The van der Waals surface area contributed by atoms with E-state index in [9.17, 15) is 0 Å². The Bertz CT molecular complexity index is 627. The Hall–Kier alpha value is -1.67. The van der Waals surface area contributed by atoms with Gasteiger partial charge < -0.3 is 5.73 Å². The molecular weight excluding hydrogens is 214 g/mol. The van der Waals surface area contributed by atoms with E-state index in [1.54, 1.807) is 0 Å². The van der Waals surface area contributed by atoms with E-state index in [2.05, 4.69) is 43.0 Å². The fourth-order valence-corrected chi connectivity index (χ4v) is 2.22. The molecule has 3 rings (SSSR count). The Kier molecular flexibility index (Phi) is 2.04. The molecule has 2 heteroatoms. The van der Waals surface area contributed by atoms with Crippen molar-refractivity contribution in [3.05, 3.63) is 48.5 Å². The Morgan fingerprint density at radius 1 is 0.688 bits per heavy atom. The first-order valence-corrected chi connectivity index (χ1v) is 5.59. The number of fused-ring (bicyclic) bond motifs is 2. The van der Waals surface area contributed by atoms with Crippen LogP contribution in [0.1, 0.15) is 0 Å². The molecule has 0 spiro atoms. The van der Waals surface area contributed by atoms with Gasteiger partial charge in [0.1, 0.15) is 0 Å². The van der Waals surface area contributed by atoms with Gasteiger partial charge in [0.2, 0.25) is 0 Å². The number of benzene rings is 3. The van der Waals surface area contributed by atoms with Crippen LogP contribution >= 0.6 is 12.6 Å². The lowest BCUT2D eigenvalue weighted by Crippen LogP contribution is -1.84. The molecule has 0 aliphatic heterocycles. The van der Waals surface area contributed by atoms with Gasteiger partial charge in [-0.2, -0.15) is 0 Å². The predicted octanol–water partition coefficient (Wildman–Crippen LogP) is 3.86. The zero-order valence-electron chi connectivity index (χ0n) is 8.64. The number of rotatable bonds is 0. The minimum Gasteiger partial charge on any atom is -0.399 e. The molecule has 0 aromatic heterocycles. The highest BCUT2D eigenvalue weighted by molar-refractivity contribution is 7.80. The van der Waals surface area contributed by atoms with E-state index in [1.165, 1.54) is 21.5 Å². The maximum absolute atomic E-state index is 5.78. The van der Waals surface area contributed by atoms with Crippen LogP contribution < -0.4 is 5.73 Å². The largest absolute Gasteiger partial charge is 0.399 e. The van der Waals surface area contributed by atoms with Crippen LogP contribution in [0.15, 0.2) is 53.4 Å². The van der Waals surface area contributed by atoms with Crippen molar-refractivity contribution in [3.8, 4) is 0 Å². The summed E-state index contributed by atoms with van der Waals surface area (Å²) in [4.78, 5) is 0.988. The van der Waals surface area contributed by atoms with Crippen LogP contribution in [0.25, 0.3) is 21.5 Å². The summed E-state index contributed by atoms with van der Waals surface area (Å²) in [7, 11) is 0. The highest BCUT2D eigenvalue weighted by atomic mass is 32.1. The highest BCUT2D eigenvalue weighted by Gasteiger charge is 1.99. The molecule has 16 heavy (non-hydrogen) atoms. The summed E-state index contributed by atoms with van der Waals surface area (Å²) in [5.41, 5.74) is 6.58. The predicted molar refractivity (Wildman–Crippen MR) is 73.1 cm³/mol. The third-order valence-corrected chi connectivity index (χ3v) is 3.08. The fraction of sp³-hybridized carbons (Fsp3) is 0. The first kappa shape index (κ1) is 9.55. The smallest absolute Gasteiger partial charge is 0.0320 e. The molecule has 0 atom stereocenters. The average Bonchev–Trinajstić information content (AvgIpc) is 2.26. The van der Waals surface area contributed by atoms with Crippen molar-refractivity contribution >= 4 is 39.9 Å². The van der Waals surface area contributed by atoms with Gasteiger partial charge in [-0.05, 0) is 57.9 Å². The lowest BCUT2D eigenvalue weighted by molar-refractivity contribution is 1.53. The van der Waals surface area contributed by atoms with E-state index in [0.717, 1.165) is 10.6 Å². The molecule has 0 radical (unpaired) electrons. The van der Waals surface area contributed by atoms with E-state index in [-0.39, 0.29) is 0 Å². The first-order chi connectivity index (χ1) is 7.72. The van der Waals surface area contributed by atoms with Gasteiger partial charge in [-0.25, -0.2) is 0 Å². The van der Waals surface area contributed by atoms with Crippen LogP contribution in [-0.2, 0) is 0 Å². The summed E-state index contributed by atoms with van der Waals surface area (Å²) >= 11 is 4.35. The quantitative estimate of drug-likeness (QED) is 0.339. The maximum atomic E-state index is 5.78. The van der Waals surface area contributed by atoms with E-state index in [1.807, 2.05) is 18.2 Å². The molecule has 0 heterocycles. The fourth-order valence-electron chi connectivity index (χ4n) is 2.00. The van der Waals surface area contributed by atoms with Crippen LogP contribution in [0.5, 0.6) is 0 Å². The minimum atomic E-state index is 0.803. The Labute approximate surface area is 99.3 Å².